The molecule has 0 aliphatic heterocycles. The molecule has 0 aliphatic carbocycles. The average molecular weight is 314 g/mol. The molecule has 0 bridgehead atoms. The zero-order valence-corrected chi connectivity index (χ0v) is 13.1. The number of hydrogen-bond acceptors (Lipinski definition) is 5. The number of ether oxygens (including phenoxy) is 3. The number of carbonyl (C=O) groups excluding carboxylic acids is 2. The number of hydrogen-bond donors (Lipinski definition) is 0. The molecule has 0 N–H and O–H groups in total. The predicted octanol–water partition coefficient (Wildman–Crippen LogP) is 4.00. The van der Waals surface area contributed by atoms with E-state index in [2.05, 4.69) is 0 Å². The number of rotatable bonds is 5. The summed E-state index contributed by atoms with van der Waals surface area (Å²) in [6, 6.07) is 13.3. The summed E-state index contributed by atoms with van der Waals surface area (Å²) < 4.78 is 15.0. The highest BCUT2D eigenvalue weighted by Crippen LogP contribution is 2.16. The van der Waals surface area contributed by atoms with Gasteiger partial charge in [-0.1, -0.05) is 19.1 Å². The third-order valence-electron chi connectivity index (χ3n) is 3.10. The minimum atomic E-state index is -0.835. The Labute approximate surface area is 134 Å². The molecule has 0 atom stereocenters. The topological polar surface area (TPSA) is 61.8 Å². The molecule has 0 amide bonds. The third-order valence-corrected chi connectivity index (χ3v) is 3.10. The second kappa shape index (κ2) is 7.98. The Morgan fingerprint density at radius 2 is 1.35 bits per heavy atom. The molecule has 0 aliphatic rings. The fourth-order valence-corrected chi connectivity index (χ4v) is 1.88. The van der Waals surface area contributed by atoms with Crippen LogP contribution < -0.4 is 9.47 Å². The van der Waals surface area contributed by atoms with Crippen molar-refractivity contribution >= 4 is 12.1 Å². The van der Waals surface area contributed by atoms with Crippen molar-refractivity contribution in [3.05, 3.63) is 59.7 Å². The van der Waals surface area contributed by atoms with Gasteiger partial charge in [-0.05, 0) is 55.3 Å². The van der Waals surface area contributed by atoms with Crippen molar-refractivity contribution in [2.75, 3.05) is 6.61 Å². The first kappa shape index (κ1) is 16.5. The Kier molecular flexibility index (Phi) is 5.74. The highest BCUT2D eigenvalue weighted by molar-refractivity contribution is 5.89. The van der Waals surface area contributed by atoms with E-state index in [1.807, 2.05) is 19.1 Å². The largest absolute Gasteiger partial charge is 0.519 e. The van der Waals surface area contributed by atoms with Crippen molar-refractivity contribution in [2.24, 2.45) is 0 Å². The van der Waals surface area contributed by atoms with E-state index in [9.17, 15) is 9.59 Å². The van der Waals surface area contributed by atoms with Crippen molar-refractivity contribution < 1.29 is 23.8 Å². The first-order valence-corrected chi connectivity index (χ1v) is 7.38. The van der Waals surface area contributed by atoms with Gasteiger partial charge in [0, 0.05) is 0 Å². The molecule has 120 valence electrons. The van der Waals surface area contributed by atoms with Gasteiger partial charge < -0.3 is 14.2 Å². The van der Waals surface area contributed by atoms with Gasteiger partial charge in [0.15, 0.2) is 0 Å². The molecule has 0 radical (unpaired) electrons. The van der Waals surface area contributed by atoms with E-state index in [0.29, 0.717) is 17.9 Å². The fourth-order valence-electron chi connectivity index (χ4n) is 1.88. The van der Waals surface area contributed by atoms with Crippen molar-refractivity contribution in [1.82, 2.24) is 0 Å². The second-order valence-corrected chi connectivity index (χ2v) is 4.70. The van der Waals surface area contributed by atoms with Gasteiger partial charge in [0.25, 0.3) is 0 Å². The van der Waals surface area contributed by atoms with Gasteiger partial charge in [-0.25, -0.2) is 9.59 Å². The molecule has 2 aromatic carbocycles. The summed E-state index contributed by atoms with van der Waals surface area (Å²) in [5.41, 5.74) is 1.54. The molecular formula is C18H18O5. The SMILES string of the molecule is CCOC(=O)c1ccc(OC(=O)Oc2ccc(CC)cc2)cc1. The molecule has 2 aromatic rings. The first-order valence-electron chi connectivity index (χ1n) is 7.38. The Morgan fingerprint density at radius 3 is 1.83 bits per heavy atom. The second-order valence-electron chi connectivity index (χ2n) is 4.70. The zero-order chi connectivity index (χ0) is 16.7. The van der Waals surface area contributed by atoms with E-state index < -0.39 is 12.1 Å². The van der Waals surface area contributed by atoms with E-state index in [-0.39, 0.29) is 5.75 Å². The molecule has 0 unspecified atom stereocenters. The van der Waals surface area contributed by atoms with Gasteiger partial charge in [-0.15, -0.1) is 0 Å². The molecule has 2 rings (SSSR count). The molecule has 0 saturated carbocycles. The third kappa shape index (κ3) is 4.85. The fraction of sp³-hybridized carbons (Fsp3) is 0.222. The van der Waals surface area contributed by atoms with Crippen LogP contribution in [0.4, 0.5) is 4.79 Å². The molecule has 0 heterocycles. The molecule has 0 fully saturated rings. The zero-order valence-electron chi connectivity index (χ0n) is 13.1. The highest BCUT2D eigenvalue weighted by atomic mass is 16.7. The van der Waals surface area contributed by atoms with Gasteiger partial charge in [0.2, 0.25) is 0 Å². The summed E-state index contributed by atoms with van der Waals surface area (Å²) >= 11 is 0. The molecule has 23 heavy (non-hydrogen) atoms. The lowest BCUT2D eigenvalue weighted by molar-refractivity contribution is 0.0526. The minimum Gasteiger partial charge on any atom is -0.462 e. The van der Waals surface area contributed by atoms with Crippen LogP contribution in [0, 0.1) is 0 Å². The maximum atomic E-state index is 11.7. The van der Waals surface area contributed by atoms with Gasteiger partial charge in [0.05, 0.1) is 12.2 Å². The lowest BCUT2D eigenvalue weighted by Crippen LogP contribution is -2.14. The molecule has 0 saturated heterocycles. The van der Waals surface area contributed by atoms with Crippen LogP contribution in [0.25, 0.3) is 0 Å². The van der Waals surface area contributed by atoms with E-state index in [1.165, 1.54) is 24.3 Å². The summed E-state index contributed by atoms with van der Waals surface area (Å²) in [6.07, 6.45) is 0.0792. The summed E-state index contributed by atoms with van der Waals surface area (Å²) in [4.78, 5) is 23.2. The monoisotopic (exact) mass is 314 g/mol. The van der Waals surface area contributed by atoms with Crippen LogP contribution in [0.15, 0.2) is 48.5 Å². The van der Waals surface area contributed by atoms with E-state index in [4.69, 9.17) is 14.2 Å². The number of esters is 1. The first-order chi connectivity index (χ1) is 11.1. The number of benzene rings is 2. The molecule has 0 spiro atoms. The number of carbonyl (C=O) groups is 2. The molecule has 0 aromatic heterocycles. The van der Waals surface area contributed by atoms with Crippen LogP contribution in [0.5, 0.6) is 11.5 Å². The van der Waals surface area contributed by atoms with Gasteiger partial charge in [0.1, 0.15) is 11.5 Å². The minimum absolute atomic E-state index is 0.285. The lowest BCUT2D eigenvalue weighted by Gasteiger charge is -2.07. The maximum Gasteiger partial charge on any atom is 0.519 e. The summed E-state index contributed by atoms with van der Waals surface area (Å²) in [6.45, 7) is 4.09. The average Bonchev–Trinajstić information content (AvgIpc) is 2.56. The van der Waals surface area contributed by atoms with Crippen LogP contribution in [0.3, 0.4) is 0 Å². The Morgan fingerprint density at radius 1 is 0.826 bits per heavy atom. The van der Waals surface area contributed by atoms with Crippen LogP contribution >= 0.6 is 0 Å². The Bertz CT molecular complexity index is 659. The normalized spacial score (nSPS) is 10.0. The smallest absolute Gasteiger partial charge is 0.462 e. The van der Waals surface area contributed by atoms with E-state index >= 15 is 0 Å². The van der Waals surface area contributed by atoms with Crippen LogP contribution in [0.1, 0.15) is 29.8 Å². The van der Waals surface area contributed by atoms with Gasteiger partial charge in [-0.3, -0.25) is 0 Å². The van der Waals surface area contributed by atoms with Crippen molar-refractivity contribution in [2.45, 2.75) is 20.3 Å². The standard InChI is InChI=1S/C18H18O5/c1-3-13-5-9-15(10-6-13)22-18(20)23-16-11-7-14(8-12-16)17(19)21-4-2/h5-12H,3-4H2,1-2H3. The Balaban J connectivity index is 1.93. The molecule has 5 nitrogen and oxygen atoms in total. The van der Waals surface area contributed by atoms with Crippen molar-refractivity contribution in [1.29, 1.82) is 0 Å². The van der Waals surface area contributed by atoms with Crippen LogP contribution in [0.2, 0.25) is 0 Å². The van der Waals surface area contributed by atoms with Crippen molar-refractivity contribution in [3.8, 4) is 11.5 Å². The summed E-state index contributed by atoms with van der Waals surface area (Å²) in [5, 5.41) is 0. The van der Waals surface area contributed by atoms with Crippen LogP contribution in [-0.4, -0.2) is 18.7 Å². The highest BCUT2D eigenvalue weighted by Gasteiger charge is 2.10. The Hall–Kier alpha value is -2.82. The summed E-state index contributed by atoms with van der Waals surface area (Å²) in [7, 11) is 0. The van der Waals surface area contributed by atoms with Crippen molar-refractivity contribution in [3.63, 3.8) is 0 Å². The van der Waals surface area contributed by atoms with Gasteiger partial charge >= 0.3 is 12.1 Å². The summed E-state index contributed by atoms with van der Waals surface area (Å²) in [5.74, 6) is 0.279. The lowest BCUT2D eigenvalue weighted by atomic mass is 10.2. The molecule has 5 heteroatoms. The predicted molar refractivity (Wildman–Crippen MR) is 84.9 cm³/mol. The maximum absolute atomic E-state index is 11.7. The van der Waals surface area contributed by atoms with Gasteiger partial charge in [-0.2, -0.15) is 0 Å². The van der Waals surface area contributed by atoms with E-state index in [0.717, 1.165) is 12.0 Å². The van der Waals surface area contributed by atoms with Crippen LogP contribution in [-0.2, 0) is 11.2 Å². The van der Waals surface area contributed by atoms with E-state index in [1.54, 1.807) is 19.1 Å². The quantitative estimate of drug-likeness (QED) is 0.616. The molecular weight excluding hydrogens is 296 g/mol. The number of aryl methyl sites for hydroxylation is 1.